The summed E-state index contributed by atoms with van der Waals surface area (Å²) in [6, 6.07) is 3.51. The molecule has 2 amide bonds. The van der Waals surface area contributed by atoms with Crippen molar-refractivity contribution in [1.82, 2.24) is 4.90 Å². The number of ether oxygens (including phenoxy) is 1. The van der Waals surface area contributed by atoms with Crippen LogP contribution in [-0.4, -0.2) is 42.8 Å². The molecular weight excluding hydrogens is 251 g/mol. The number of rotatable bonds is 5. The Morgan fingerprint density at radius 3 is 2.84 bits per heavy atom. The fourth-order valence-electron chi connectivity index (χ4n) is 1.47. The van der Waals surface area contributed by atoms with Gasteiger partial charge in [-0.05, 0) is 25.5 Å². The SMILES string of the molecule is COc1ccc(F)cc1NC(=O)N(C)CCC(C)O. The zero-order valence-corrected chi connectivity index (χ0v) is 11.3. The summed E-state index contributed by atoms with van der Waals surface area (Å²) in [7, 11) is 3.05. The quantitative estimate of drug-likeness (QED) is 0.861. The van der Waals surface area contributed by atoms with Crippen molar-refractivity contribution in [3.8, 4) is 5.75 Å². The Labute approximate surface area is 112 Å². The van der Waals surface area contributed by atoms with Gasteiger partial charge < -0.3 is 20.1 Å². The molecule has 106 valence electrons. The predicted molar refractivity (Wildman–Crippen MR) is 70.9 cm³/mol. The van der Waals surface area contributed by atoms with Crippen molar-refractivity contribution in [1.29, 1.82) is 0 Å². The minimum atomic E-state index is -0.473. The van der Waals surface area contributed by atoms with E-state index in [1.165, 1.54) is 30.2 Å². The zero-order chi connectivity index (χ0) is 14.4. The van der Waals surface area contributed by atoms with Crippen molar-refractivity contribution in [2.45, 2.75) is 19.4 Å². The number of benzene rings is 1. The van der Waals surface area contributed by atoms with Crippen molar-refractivity contribution in [3.63, 3.8) is 0 Å². The molecule has 0 aliphatic carbocycles. The van der Waals surface area contributed by atoms with Crippen LogP contribution in [0, 0.1) is 5.82 Å². The lowest BCUT2D eigenvalue weighted by atomic mass is 10.2. The van der Waals surface area contributed by atoms with Crippen molar-refractivity contribution < 1.29 is 19.0 Å². The molecule has 1 aromatic rings. The summed E-state index contributed by atoms with van der Waals surface area (Å²) < 4.78 is 18.2. The van der Waals surface area contributed by atoms with Gasteiger partial charge in [-0.15, -0.1) is 0 Å². The topological polar surface area (TPSA) is 61.8 Å². The van der Waals surface area contributed by atoms with E-state index in [2.05, 4.69) is 5.32 Å². The van der Waals surface area contributed by atoms with E-state index >= 15 is 0 Å². The molecule has 0 aliphatic heterocycles. The number of nitrogens with one attached hydrogen (secondary N) is 1. The second-order valence-corrected chi connectivity index (χ2v) is 4.33. The van der Waals surface area contributed by atoms with Crippen LogP contribution in [0.3, 0.4) is 0 Å². The van der Waals surface area contributed by atoms with Crippen molar-refractivity contribution >= 4 is 11.7 Å². The molecular formula is C13H19FN2O3. The number of carbonyl (C=O) groups excluding carboxylic acids is 1. The number of nitrogens with zero attached hydrogens (tertiary/aromatic N) is 1. The van der Waals surface area contributed by atoms with Crippen LogP contribution in [0.25, 0.3) is 0 Å². The summed E-state index contributed by atoms with van der Waals surface area (Å²) in [4.78, 5) is 13.3. The highest BCUT2D eigenvalue weighted by Gasteiger charge is 2.13. The van der Waals surface area contributed by atoms with Crippen molar-refractivity contribution in [3.05, 3.63) is 24.0 Å². The predicted octanol–water partition coefficient (Wildman–Crippen LogP) is 2.07. The molecule has 6 heteroatoms. The van der Waals surface area contributed by atoms with Crippen LogP contribution in [0.15, 0.2) is 18.2 Å². The molecule has 0 aromatic heterocycles. The van der Waals surface area contributed by atoms with E-state index in [9.17, 15) is 9.18 Å². The highest BCUT2D eigenvalue weighted by Crippen LogP contribution is 2.25. The molecule has 19 heavy (non-hydrogen) atoms. The van der Waals surface area contributed by atoms with Gasteiger partial charge in [0.1, 0.15) is 11.6 Å². The molecule has 5 nitrogen and oxygen atoms in total. The summed E-state index contributed by atoms with van der Waals surface area (Å²) in [5, 5.41) is 11.7. The van der Waals surface area contributed by atoms with Crippen LogP contribution < -0.4 is 10.1 Å². The first-order valence-corrected chi connectivity index (χ1v) is 5.97. The van der Waals surface area contributed by atoms with E-state index in [-0.39, 0.29) is 11.7 Å². The number of aliphatic hydroxyl groups excluding tert-OH is 1. The summed E-state index contributed by atoms with van der Waals surface area (Å²) in [5.41, 5.74) is 0.274. The molecule has 1 aromatic carbocycles. The maximum absolute atomic E-state index is 13.1. The first-order valence-electron chi connectivity index (χ1n) is 5.97. The van der Waals surface area contributed by atoms with Gasteiger partial charge in [0.05, 0.1) is 18.9 Å². The second kappa shape index (κ2) is 6.94. The monoisotopic (exact) mass is 270 g/mol. The molecule has 1 atom stereocenters. The molecule has 0 saturated heterocycles. The molecule has 0 fully saturated rings. The molecule has 0 spiro atoms. The molecule has 0 radical (unpaired) electrons. The lowest BCUT2D eigenvalue weighted by Crippen LogP contribution is -2.33. The molecule has 1 rings (SSSR count). The fourth-order valence-corrected chi connectivity index (χ4v) is 1.47. The minimum absolute atomic E-state index is 0.274. The lowest BCUT2D eigenvalue weighted by molar-refractivity contribution is 0.167. The van der Waals surface area contributed by atoms with Crippen LogP contribution in [0.1, 0.15) is 13.3 Å². The van der Waals surface area contributed by atoms with Crippen LogP contribution >= 0.6 is 0 Å². The van der Waals surface area contributed by atoms with Crippen LogP contribution in [0.4, 0.5) is 14.9 Å². The van der Waals surface area contributed by atoms with E-state index in [0.717, 1.165) is 0 Å². The Kier molecular flexibility index (Phi) is 5.57. The Morgan fingerprint density at radius 2 is 2.26 bits per heavy atom. The number of hydrogen-bond donors (Lipinski definition) is 2. The Hall–Kier alpha value is -1.82. The van der Waals surface area contributed by atoms with Gasteiger partial charge >= 0.3 is 6.03 Å². The number of anilines is 1. The molecule has 0 heterocycles. The highest BCUT2D eigenvalue weighted by atomic mass is 19.1. The van der Waals surface area contributed by atoms with Crippen molar-refractivity contribution in [2.24, 2.45) is 0 Å². The third-order valence-electron chi connectivity index (χ3n) is 2.63. The summed E-state index contributed by atoms with van der Waals surface area (Å²) >= 11 is 0. The van der Waals surface area contributed by atoms with Gasteiger partial charge in [0.15, 0.2) is 0 Å². The minimum Gasteiger partial charge on any atom is -0.495 e. The van der Waals surface area contributed by atoms with Crippen LogP contribution in [-0.2, 0) is 0 Å². The van der Waals surface area contributed by atoms with Crippen molar-refractivity contribution in [2.75, 3.05) is 26.0 Å². The van der Waals surface area contributed by atoms with Crippen LogP contribution in [0.5, 0.6) is 5.75 Å². The zero-order valence-electron chi connectivity index (χ0n) is 11.3. The van der Waals surface area contributed by atoms with E-state index < -0.39 is 11.9 Å². The van der Waals surface area contributed by atoms with Crippen LogP contribution in [0.2, 0.25) is 0 Å². The second-order valence-electron chi connectivity index (χ2n) is 4.33. The average Bonchev–Trinajstić information content (AvgIpc) is 2.36. The van der Waals surface area contributed by atoms with E-state index in [0.29, 0.717) is 18.7 Å². The van der Waals surface area contributed by atoms with Gasteiger partial charge in [0, 0.05) is 19.7 Å². The van der Waals surface area contributed by atoms with Gasteiger partial charge in [-0.2, -0.15) is 0 Å². The number of aliphatic hydroxyl groups is 1. The Bertz CT molecular complexity index is 438. The first kappa shape index (κ1) is 15.2. The maximum atomic E-state index is 13.1. The molecule has 0 aliphatic rings. The molecule has 0 saturated carbocycles. The summed E-state index contributed by atoms with van der Waals surface area (Å²) in [6.45, 7) is 2.06. The molecule has 0 bridgehead atoms. The van der Waals surface area contributed by atoms with E-state index in [1.807, 2.05) is 0 Å². The van der Waals surface area contributed by atoms with E-state index in [1.54, 1.807) is 14.0 Å². The fraction of sp³-hybridized carbons (Fsp3) is 0.462. The number of urea groups is 1. The average molecular weight is 270 g/mol. The van der Waals surface area contributed by atoms with Gasteiger partial charge in [-0.25, -0.2) is 9.18 Å². The highest BCUT2D eigenvalue weighted by molar-refractivity contribution is 5.90. The number of methoxy groups -OCH3 is 1. The van der Waals surface area contributed by atoms with Gasteiger partial charge in [-0.1, -0.05) is 0 Å². The van der Waals surface area contributed by atoms with Gasteiger partial charge in [0.2, 0.25) is 0 Å². The Morgan fingerprint density at radius 1 is 1.58 bits per heavy atom. The third-order valence-corrected chi connectivity index (χ3v) is 2.63. The number of amides is 2. The first-order chi connectivity index (χ1) is 8.93. The molecule has 2 N–H and O–H groups in total. The standard InChI is InChI=1S/C13H19FN2O3/c1-9(17)6-7-16(2)13(18)15-11-8-10(14)4-5-12(11)19-3/h4-5,8-9,17H,6-7H2,1-3H3,(H,15,18). The maximum Gasteiger partial charge on any atom is 0.321 e. The Balaban J connectivity index is 2.68. The lowest BCUT2D eigenvalue weighted by Gasteiger charge is -2.19. The normalized spacial score (nSPS) is 11.8. The van der Waals surface area contributed by atoms with Gasteiger partial charge in [-0.3, -0.25) is 0 Å². The number of halogens is 1. The third kappa shape index (κ3) is 4.75. The number of carbonyl (C=O) groups is 1. The summed E-state index contributed by atoms with van der Waals surface area (Å²) in [5.74, 6) is -0.0681. The smallest absolute Gasteiger partial charge is 0.321 e. The number of hydrogen-bond acceptors (Lipinski definition) is 3. The molecule has 1 unspecified atom stereocenters. The van der Waals surface area contributed by atoms with E-state index in [4.69, 9.17) is 9.84 Å². The summed E-state index contributed by atoms with van der Waals surface area (Å²) in [6.07, 6.45) is 0.00321. The van der Waals surface area contributed by atoms with Gasteiger partial charge in [0.25, 0.3) is 0 Å². The largest absolute Gasteiger partial charge is 0.495 e.